The molecule has 0 aliphatic rings. The molecule has 0 radical (unpaired) electrons. The molecule has 0 N–H and O–H groups in total. The second kappa shape index (κ2) is 10.5. The molecule has 0 saturated heterocycles. The number of hydrogen-bond donors (Lipinski definition) is 0. The maximum atomic E-state index is 13.2. The fraction of sp³-hybridized carbons (Fsp3) is 0.200. The van der Waals surface area contributed by atoms with Gasteiger partial charge in [-0.15, -0.1) is 0 Å². The number of rotatable bonds is 8. The maximum Gasteiger partial charge on any atom is 0.347 e. The summed E-state index contributed by atoms with van der Waals surface area (Å²) in [5.74, 6) is -0.108. The lowest BCUT2D eigenvalue weighted by molar-refractivity contribution is -0.152. The van der Waals surface area contributed by atoms with Gasteiger partial charge in [0.1, 0.15) is 11.6 Å². The van der Waals surface area contributed by atoms with Crippen molar-refractivity contribution < 1.29 is 23.5 Å². The largest absolute Gasteiger partial charge is 0.479 e. The van der Waals surface area contributed by atoms with Gasteiger partial charge in [0.15, 0.2) is 11.9 Å². The van der Waals surface area contributed by atoms with E-state index in [1.54, 1.807) is 19.1 Å². The molecule has 0 heterocycles. The van der Waals surface area contributed by atoms with Crippen LogP contribution in [0.15, 0.2) is 84.9 Å². The summed E-state index contributed by atoms with van der Waals surface area (Å²) >= 11 is 0. The molecule has 0 bridgehead atoms. The van der Waals surface area contributed by atoms with Crippen LogP contribution in [0.2, 0.25) is 0 Å². The predicted molar refractivity (Wildman–Crippen MR) is 135 cm³/mol. The predicted octanol–water partition coefficient (Wildman–Crippen LogP) is 6.84. The number of ether oxygens (including phenoxy) is 2. The highest BCUT2D eigenvalue weighted by atomic mass is 19.1. The van der Waals surface area contributed by atoms with Crippen LogP contribution in [0.3, 0.4) is 0 Å². The fourth-order valence-corrected chi connectivity index (χ4v) is 3.76. The van der Waals surface area contributed by atoms with Crippen molar-refractivity contribution in [2.45, 2.75) is 26.9 Å². The van der Waals surface area contributed by atoms with Crippen molar-refractivity contribution in [3.8, 4) is 16.9 Å². The van der Waals surface area contributed by atoms with E-state index in [0.717, 1.165) is 21.9 Å². The van der Waals surface area contributed by atoms with E-state index in [1.165, 1.54) is 24.3 Å². The van der Waals surface area contributed by atoms with Gasteiger partial charge in [0.2, 0.25) is 0 Å². The Morgan fingerprint density at radius 1 is 0.829 bits per heavy atom. The quantitative estimate of drug-likeness (QED) is 0.209. The Morgan fingerprint density at radius 2 is 1.49 bits per heavy atom. The van der Waals surface area contributed by atoms with E-state index >= 15 is 0 Å². The van der Waals surface area contributed by atoms with Crippen molar-refractivity contribution in [1.82, 2.24) is 0 Å². The minimum Gasteiger partial charge on any atom is -0.479 e. The third-order valence-electron chi connectivity index (χ3n) is 5.62. The Balaban J connectivity index is 1.58. The van der Waals surface area contributed by atoms with Gasteiger partial charge in [-0.05, 0) is 71.1 Å². The lowest BCUT2D eigenvalue weighted by Crippen LogP contribution is -2.27. The first-order valence-electron chi connectivity index (χ1n) is 11.6. The molecule has 0 aliphatic heterocycles. The lowest BCUT2D eigenvalue weighted by Gasteiger charge is -2.16. The molecular weight excluding hydrogens is 443 g/mol. The van der Waals surface area contributed by atoms with Crippen LogP contribution in [0.25, 0.3) is 21.9 Å². The zero-order chi connectivity index (χ0) is 24.9. The van der Waals surface area contributed by atoms with Gasteiger partial charge in [-0.25, -0.2) is 9.18 Å². The van der Waals surface area contributed by atoms with Crippen molar-refractivity contribution in [1.29, 1.82) is 0 Å². The molecule has 4 aromatic rings. The molecule has 4 nitrogen and oxygen atoms in total. The number of esters is 1. The molecule has 0 aromatic heterocycles. The summed E-state index contributed by atoms with van der Waals surface area (Å²) in [7, 11) is 0. The molecular formula is C30H27FO4. The summed E-state index contributed by atoms with van der Waals surface area (Å²) < 4.78 is 24.3. The minimum atomic E-state index is -0.727. The van der Waals surface area contributed by atoms with E-state index in [-0.39, 0.29) is 17.5 Å². The molecule has 0 spiro atoms. The van der Waals surface area contributed by atoms with Gasteiger partial charge in [-0.2, -0.15) is 0 Å². The minimum absolute atomic E-state index is 0.163. The number of hydrogen-bond acceptors (Lipinski definition) is 4. The number of halogens is 1. The first-order valence-corrected chi connectivity index (χ1v) is 11.6. The second-order valence-electron chi connectivity index (χ2n) is 8.89. The summed E-state index contributed by atoms with van der Waals surface area (Å²) in [5, 5.41) is 1.99. The van der Waals surface area contributed by atoms with E-state index in [1.807, 2.05) is 62.4 Å². The van der Waals surface area contributed by atoms with E-state index in [2.05, 4.69) is 0 Å². The van der Waals surface area contributed by atoms with Crippen LogP contribution >= 0.6 is 0 Å². The number of benzene rings is 4. The Kier molecular flexibility index (Phi) is 7.25. The highest BCUT2D eigenvalue weighted by Gasteiger charge is 2.17. The summed E-state index contributed by atoms with van der Waals surface area (Å²) in [4.78, 5) is 24.9. The zero-order valence-corrected chi connectivity index (χ0v) is 20.0. The van der Waals surface area contributed by atoms with Crippen molar-refractivity contribution >= 4 is 22.5 Å². The van der Waals surface area contributed by atoms with Crippen molar-refractivity contribution in [3.05, 3.63) is 102 Å². The van der Waals surface area contributed by atoms with Gasteiger partial charge in [-0.1, -0.05) is 62.4 Å². The third kappa shape index (κ3) is 5.75. The number of fused-ring (bicyclic) bond motifs is 1. The summed E-state index contributed by atoms with van der Waals surface area (Å²) in [6.07, 6.45) is -0.727. The van der Waals surface area contributed by atoms with Crippen LogP contribution in [0, 0.1) is 11.7 Å². The van der Waals surface area contributed by atoms with E-state index in [9.17, 15) is 14.0 Å². The average Bonchev–Trinajstić information content (AvgIpc) is 2.87. The normalized spacial score (nSPS) is 11.9. The zero-order valence-electron chi connectivity index (χ0n) is 20.0. The standard InChI is InChI=1S/C30H27FO4/c1-19(2)18-34-30(33)20(3)35-26-16-13-21-5-4-6-27(28(21)17-26)22-7-9-23(10-8-22)29(32)24-11-14-25(31)15-12-24/h4-17,19-20H,18H2,1-3H3/t20-/m0/s1. The molecule has 0 saturated carbocycles. The van der Waals surface area contributed by atoms with E-state index < -0.39 is 12.1 Å². The van der Waals surface area contributed by atoms with Crippen LogP contribution in [-0.4, -0.2) is 24.5 Å². The van der Waals surface area contributed by atoms with E-state index in [4.69, 9.17) is 9.47 Å². The summed E-state index contributed by atoms with van der Waals surface area (Å²) in [6.45, 7) is 5.99. The van der Waals surface area contributed by atoms with Gasteiger partial charge < -0.3 is 9.47 Å². The van der Waals surface area contributed by atoms with Crippen LogP contribution in [0.4, 0.5) is 4.39 Å². The van der Waals surface area contributed by atoms with Gasteiger partial charge >= 0.3 is 5.97 Å². The Hall–Kier alpha value is -3.99. The maximum absolute atomic E-state index is 13.2. The number of ketones is 1. The smallest absolute Gasteiger partial charge is 0.347 e. The first-order chi connectivity index (χ1) is 16.8. The highest BCUT2D eigenvalue weighted by molar-refractivity contribution is 6.09. The van der Waals surface area contributed by atoms with Crippen molar-refractivity contribution in [2.75, 3.05) is 6.61 Å². The lowest BCUT2D eigenvalue weighted by atomic mass is 9.96. The molecule has 0 unspecified atom stereocenters. The molecule has 178 valence electrons. The SMILES string of the molecule is CC(C)COC(=O)[C@H](C)Oc1ccc2cccc(-c3ccc(C(=O)c4ccc(F)cc4)cc3)c2c1. The second-order valence-corrected chi connectivity index (χ2v) is 8.89. The molecule has 35 heavy (non-hydrogen) atoms. The van der Waals surface area contributed by atoms with E-state index in [0.29, 0.717) is 23.5 Å². The molecule has 0 amide bonds. The molecule has 5 heteroatoms. The van der Waals surface area contributed by atoms with Gasteiger partial charge in [0.05, 0.1) is 6.61 Å². The Morgan fingerprint density at radius 3 is 2.14 bits per heavy atom. The molecule has 0 fully saturated rings. The van der Waals surface area contributed by atoms with Crippen LogP contribution in [0.1, 0.15) is 36.7 Å². The number of carbonyl (C=O) groups is 2. The molecule has 1 atom stereocenters. The topological polar surface area (TPSA) is 52.6 Å². The third-order valence-corrected chi connectivity index (χ3v) is 5.62. The van der Waals surface area contributed by atoms with Gasteiger partial charge in [-0.3, -0.25) is 4.79 Å². The molecule has 4 rings (SSSR count). The fourth-order valence-electron chi connectivity index (χ4n) is 3.76. The van der Waals surface area contributed by atoms with Crippen LogP contribution in [0.5, 0.6) is 5.75 Å². The van der Waals surface area contributed by atoms with Gasteiger partial charge in [0.25, 0.3) is 0 Å². The van der Waals surface area contributed by atoms with Gasteiger partial charge in [0, 0.05) is 11.1 Å². The average molecular weight is 471 g/mol. The molecule has 4 aromatic carbocycles. The number of carbonyl (C=O) groups excluding carboxylic acids is 2. The molecule has 0 aliphatic carbocycles. The van der Waals surface area contributed by atoms with Crippen LogP contribution in [-0.2, 0) is 9.53 Å². The highest BCUT2D eigenvalue weighted by Crippen LogP contribution is 2.32. The van der Waals surface area contributed by atoms with Crippen LogP contribution < -0.4 is 4.74 Å². The Bertz CT molecular complexity index is 1340. The first kappa shape index (κ1) is 24.1. The Labute approximate surface area is 204 Å². The van der Waals surface area contributed by atoms with Crippen molar-refractivity contribution in [3.63, 3.8) is 0 Å². The summed E-state index contributed by atoms with van der Waals surface area (Å²) in [5.41, 5.74) is 2.88. The monoisotopic (exact) mass is 470 g/mol. The van der Waals surface area contributed by atoms with Crippen molar-refractivity contribution in [2.24, 2.45) is 5.92 Å². The summed E-state index contributed by atoms with van der Waals surface area (Å²) in [6, 6.07) is 24.5.